The molecule has 0 spiro atoms. The predicted molar refractivity (Wildman–Crippen MR) is 198 cm³/mol. The monoisotopic (exact) mass is 696 g/mol. The van der Waals surface area contributed by atoms with Gasteiger partial charge in [-0.2, -0.15) is 15.2 Å². The number of amides is 2. The summed E-state index contributed by atoms with van der Waals surface area (Å²) in [7, 11) is 5.86. The van der Waals surface area contributed by atoms with Crippen molar-refractivity contribution in [1.29, 1.82) is 5.26 Å². The van der Waals surface area contributed by atoms with Crippen molar-refractivity contribution >= 4 is 34.3 Å². The van der Waals surface area contributed by atoms with E-state index in [2.05, 4.69) is 64.1 Å². The van der Waals surface area contributed by atoms with Gasteiger partial charge in [0.15, 0.2) is 0 Å². The number of hydrogen-bond donors (Lipinski definition) is 0. The molecule has 3 aliphatic rings. The van der Waals surface area contributed by atoms with Crippen molar-refractivity contribution in [3.05, 3.63) is 53.2 Å². The number of nitrogens with zero attached hydrogens (tertiary/aromatic N) is 8. The van der Waals surface area contributed by atoms with Gasteiger partial charge in [-0.1, -0.05) is 30.3 Å². The molecular weight excluding hydrogens is 644 g/mol. The highest BCUT2D eigenvalue weighted by Gasteiger charge is 2.52. The molecule has 1 aromatic heterocycles. The average molecular weight is 697 g/mol. The molecule has 2 aliphatic heterocycles. The summed E-state index contributed by atoms with van der Waals surface area (Å²) < 4.78 is 12.1. The van der Waals surface area contributed by atoms with Gasteiger partial charge in [0.2, 0.25) is 5.91 Å². The maximum atomic E-state index is 13.5. The van der Waals surface area contributed by atoms with Crippen LogP contribution >= 0.6 is 0 Å². The van der Waals surface area contributed by atoms with E-state index in [1.54, 1.807) is 9.80 Å². The van der Waals surface area contributed by atoms with Crippen molar-refractivity contribution in [2.24, 2.45) is 5.41 Å². The molecule has 51 heavy (non-hydrogen) atoms. The molecule has 272 valence electrons. The van der Waals surface area contributed by atoms with Gasteiger partial charge in [-0.05, 0) is 78.1 Å². The second kappa shape index (κ2) is 14.5. The Morgan fingerprint density at radius 3 is 2.45 bits per heavy atom. The van der Waals surface area contributed by atoms with Gasteiger partial charge in [-0.15, -0.1) is 0 Å². The molecule has 1 unspecified atom stereocenters. The summed E-state index contributed by atoms with van der Waals surface area (Å²) in [6.07, 6.45) is 2.03. The fraction of sp³-hybridized carbons (Fsp3) is 0.564. The number of ether oxygens (including phenoxy) is 2. The van der Waals surface area contributed by atoms with Crippen LogP contribution in [0.4, 0.5) is 16.3 Å². The number of rotatable bonds is 10. The van der Waals surface area contributed by atoms with E-state index in [1.807, 2.05) is 41.9 Å². The topological polar surface area (TPSA) is 118 Å². The van der Waals surface area contributed by atoms with Crippen LogP contribution in [0.1, 0.15) is 56.9 Å². The number of carbonyl (C=O) groups is 2. The lowest BCUT2D eigenvalue weighted by Gasteiger charge is -2.42. The molecule has 1 saturated heterocycles. The Labute approximate surface area is 301 Å². The van der Waals surface area contributed by atoms with Crippen LogP contribution in [-0.2, 0) is 22.5 Å². The number of fused-ring (bicyclic) bond motifs is 2. The number of nitriles is 1. The minimum Gasteiger partial charge on any atom is -0.462 e. The maximum absolute atomic E-state index is 13.5. The Balaban J connectivity index is 1.30. The molecule has 2 aromatic carbocycles. The van der Waals surface area contributed by atoms with Gasteiger partial charge in [0.05, 0.1) is 36.2 Å². The normalized spacial score (nSPS) is 18.3. The van der Waals surface area contributed by atoms with E-state index in [-0.39, 0.29) is 31.0 Å². The van der Waals surface area contributed by atoms with Crippen LogP contribution in [0.25, 0.3) is 10.8 Å². The molecule has 2 amide bonds. The Morgan fingerprint density at radius 2 is 1.76 bits per heavy atom. The number of hydrogen-bond acceptors (Lipinski definition) is 10. The van der Waals surface area contributed by atoms with Crippen molar-refractivity contribution < 1.29 is 19.1 Å². The van der Waals surface area contributed by atoms with E-state index < -0.39 is 17.1 Å². The number of anilines is 2. The molecule has 1 saturated carbocycles. The van der Waals surface area contributed by atoms with Gasteiger partial charge in [0.1, 0.15) is 18.0 Å². The fourth-order valence-electron chi connectivity index (χ4n) is 7.21. The molecular formula is C39H52N8O4. The van der Waals surface area contributed by atoms with Crippen LogP contribution in [0.2, 0.25) is 0 Å². The number of carbonyl (C=O) groups excluding carboxylic acids is 2. The summed E-state index contributed by atoms with van der Waals surface area (Å²) in [4.78, 5) is 46.8. The Hall–Kier alpha value is -4.63. The third-order valence-corrected chi connectivity index (χ3v) is 10.2. The van der Waals surface area contributed by atoms with E-state index in [9.17, 15) is 14.9 Å². The summed E-state index contributed by atoms with van der Waals surface area (Å²) in [6.45, 7) is 12.1. The predicted octanol–water partition coefficient (Wildman–Crippen LogP) is 5.02. The van der Waals surface area contributed by atoms with Crippen LogP contribution in [0, 0.1) is 23.7 Å². The van der Waals surface area contributed by atoms with Gasteiger partial charge in [-0.25, -0.2) is 4.79 Å². The number of aromatic nitrogens is 2. The third-order valence-electron chi connectivity index (χ3n) is 10.2. The molecule has 12 nitrogen and oxygen atoms in total. The van der Waals surface area contributed by atoms with Gasteiger partial charge in [-0.3, -0.25) is 4.79 Å². The first-order valence-corrected chi connectivity index (χ1v) is 18.1. The first kappa shape index (κ1) is 36.2. The molecule has 1 aliphatic carbocycles. The minimum absolute atomic E-state index is 0.0950. The van der Waals surface area contributed by atoms with Gasteiger partial charge in [0, 0.05) is 63.0 Å². The molecule has 1 atom stereocenters. The number of likely N-dealkylation sites (N-methyl/N-ethyl adjacent to an activating group) is 2. The lowest BCUT2D eigenvalue weighted by atomic mass is 9.99. The van der Waals surface area contributed by atoms with Crippen molar-refractivity contribution in [3.8, 4) is 12.1 Å². The molecule has 0 N–H and O–H groups in total. The van der Waals surface area contributed by atoms with Crippen molar-refractivity contribution in [2.75, 3.05) is 76.8 Å². The lowest BCUT2D eigenvalue weighted by molar-refractivity contribution is -0.137. The van der Waals surface area contributed by atoms with Crippen molar-refractivity contribution in [3.63, 3.8) is 0 Å². The van der Waals surface area contributed by atoms with Gasteiger partial charge in [0.25, 0.3) is 0 Å². The smallest absolute Gasteiger partial charge is 0.410 e. The summed E-state index contributed by atoms with van der Waals surface area (Å²) in [5, 5.41) is 12.2. The molecule has 12 heteroatoms. The summed E-state index contributed by atoms with van der Waals surface area (Å²) >= 11 is 0. The van der Waals surface area contributed by atoms with Crippen molar-refractivity contribution in [1.82, 2.24) is 24.7 Å². The minimum atomic E-state index is -0.640. The molecule has 0 bridgehead atoms. The Morgan fingerprint density at radius 1 is 1.02 bits per heavy atom. The Kier molecular flexibility index (Phi) is 10.3. The SMILES string of the molecule is Cc1cccc2cccc(N3CCc4c(nc(OCC5(C(=O)N(C)CCN(C)C)CC5)nc4N4CCN(C(=O)OC(C)(C)C)C(CC#N)C4)C3)c12. The van der Waals surface area contributed by atoms with Crippen LogP contribution in [0.15, 0.2) is 36.4 Å². The number of aryl methyl sites for hydroxylation is 1. The fourth-order valence-corrected chi connectivity index (χ4v) is 7.21. The van der Waals surface area contributed by atoms with Gasteiger partial charge < -0.3 is 34.0 Å². The van der Waals surface area contributed by atoms with Crippen LogP contribution < -0.4 is 14.5 Å². The largest absolute Gasteiger partial charge is 0.462 e. The van der Waals surface area contributed by atoms with Gasteiger partial charge >= 0.3 is 12.1 Å². The summed E-state index contributed by atoms with van der Waals surface area (Å²) in [5.41, 5.74) is 3.13. The molecule has 6 rings (SSSR count). The van der Waals surface area contributed by atoms with E-state index >= 15 is 0 Å². The maximum Gasteiger partial charge on any atom is 0.410 e. The summed E-state index contributed by atoms with van der Waals surface area (Å²) in [6, 6.07) is 15.0. The van der Waals surface area contributed by atoms with Crippen LogP contribution in [0.5, 0.6) is 6.01 Å². The van der Waals surface area contributed by atoms with E-state index in [0.717, 1.165) is 49.4 Å². The van der Waals surface area contributed by atoms with E-state index in [1.165, 1.54) is 22.0 Å². The molecule has 0 radical (unpaired) electrons. The molecule has 3 heterocycles. The summed E-state index contributed by atoms with van der Waals surface area (Å²) in [5.74, 6) is 0.868. The van der Waals surface area contributed by atoms with Crippen LogP contribution in [0.3, 0.4) is 0 Å². The number of benzene rings is 2. The average Bonchev–Trinajstić information content (AvgIpc) is 3.89. The first-order chi connectivity index (χ1) is 24.3. The van der Waals surface area contributed by atoms with Crippen molar-refractivity contribution in [2.45, 2.75) is 71.6 Å². The molecule has 3 aromatic rings. The highest BCUT2D eigenvalue weighted by Crippen LogP contribution is 2.47. The standard InChI is InChI=1S/C39H52N8O4/c1-27-10-8-11-28-12-9-13-32(33(27)28)45-19-15-30-31(25-45)41-36(50-26-39(16-17-39)35(48)44(7)21-20-43(5)6)42-34(30)46-22-23-47(29(24-46)14-18-40)37(49)51-38(2,3)4/h8-13,29H,14-17,19-26H2,1-7H3. The highest BCUT2D eigenvalue weighted by molar-refractivity contribution is 5.97. The zero-order valence-electron chi connectivity index (χ0n) is 31.2. The van der Waals surface area contributed by atoms with E-state index in [4.69, 9.17) is 19.4 Å². The zero-order chi connectivity index (χ0) is 36.5. The lowest BCUT2D eigenvalue weighted by Crippen LogP contribution is -2.56. The zero-order valence-corrected chi connectivity index (χ0v) is 31.2. The first-order valence-electron chi connectivity index (χ1n) is 18.1. The second-order valence-corrected chi connectivity index (χ2v) is 15.6. The highest BCUT2D eigenvalue weighted by atomic mass is 16.6. The quantitative estimate of drug-likeness (QED) is 0.286. The van der Waals surface area contributed by atoms with E-state index in [0.29, 0.717) is 32.7 Å². The van der Waals surface area contributed by atoms with Crippen LogP contribution in [-0.4, -0.2) is 115 Å². The second-order valence-electron chi connectivity index (χ2n) is 15.6. The molecule has 2 fully saturated rings. The Bertz CT molecular complexity index is 1810. The third kappa shape index (κ3) is 7.99. The number of piperazine rings is 1.